The van der Waals surface area contributed by atoms with Crippen LogP contribution in [0.2, 0.25) is 5.02 Å². The maximum Gasteiger partial charge on any atom is 0.261 e. The monoisotopic (exact) mass is 281 g/mol. The highest BCUT2D eigenvalue weighted by Gasteiger charge is 2.17. The summed E-state index contributed by atoms with van der Waals surface area (Å²) in [5.41, 5.74) is 0.532. The summed E-state index contributed by atoms with van der Waals surface area (Å²) < 4.78 is 5.52. The van der Waals surface area contributed by atoms with Crippen molar-refractivity contribution in [1.29, 1.82) is 0 Å². The lowest BCUT2D eigenvalue weighted by Crippen LogP contribution is -2.36. The molecule has 1 amide bonds. The standard InChI is InChI=1S/C14H16ClNO3/c1-4-7-16-14(18)10(3)19-13-6-5-11(15)8-12(13)9(2)17/h1,5-6,8-10,17H,7H2,2-3H3,(H,16,18)/t9-,10?/m0/s1. The number of ether oxygens (including phenoxy) is 1. The normalized spacial score (nSPS) is 13.2. The number of hydrogen-bond acceptors (Lipinski definition) is 3. The van der Waals surface area contributed by atoms with Crippen LogP contribution in [-0.4, -0.2) is 23.7 Å². The van der Waals surface area contributed by atoms with Gasteiger partial charge >= 0.3 is 0 Å². The number of rotatable bonds is 5. The predicted molar refractivity (Wildman–Crippen MR) is 74.0 cm³/mol. The molecule has 0 aliphatic rings. The lowest BCUT2D eigenvalue weighted by molar-refractivity contribution is -0.127. The van der Waals surface area contributed by atoms with Crippen LogP contribution in [0.25, 0.3) is 0 Å². The Balaban J connectivity index is 2.82. The molecule has 4 nitrogen and oxygen atoms in total. The lowest BCUT2D eigenvalue weighted by atomic mass is 10.1. The predicted octanol–water partition coefficient (Wildman–Crippen LogP) is 1.91. The summed E-state index contributed by atoms with van der Waals surface area (Å²) in [6.07, 6.45) is 3.60. The molecule has 2 atom stereocenters. The fourth-order valence-electron chi connectivity index (χ4n) is 1.48. The van der Waals surface area contributed by atoms with Gasteiger partial charge in [0, 0.05) is 10.6 Å². The third-order valence-electron chi connectivity index (χ3n) is 2.46. The van der Waals surface area contributed by atoms with E-state index in [1.54, 1.807) is 32.0 Å². The first-order valence-electron chi connectivity index (χ1n) is 5.81. The number of nitrogens with one attached hydrogen (secondary N) is 1. The van der Waals surface area contributed by atoms with Crippen LogP contribution < -0.4 is 10.1 Å². The average Bonchev–Trinajstić information content (AvgIpc) is 2.37. The largest absolute Gasteiger partial charge is 0.481 e. The van der Waals surface area contributed by atoms with E-state index in [4.69, 9.17) is 22.8 Å². The molecule has 19 heavy (non-hydrogen) atoms. The molecule has 0 aliphatic carbocycles. The minimum atomic E-state index is -0.741. The zero-order valence-electron chi connectivity index (χ0n) is 10.8. The molecule has 1 aromatic rings. The first-order chi connectivity index (χ1) is 8.95. The Labute approximate surface area is 117 Å². The number of amides is 1. The van der Waals surface area contributed by atoms with E-state index in [-0.39, 0.29) is 12.5 Å². The van der Waals surface area contributed by atoms with Gasteiger partial charge in [0.15, 0.2) is 6.10 Å². The van der Waals surface area contributed by atoms with Crippen molar-refractivity contribution in [1.82, 2.24) is 5.32 Å². The highest BCUT2D eigenvalue weighted by atomic mass is 35.5. The quantitative estimate of drug-likeness (QED) is 0.811. The van der Waals surface area contributed by atoms with Crippen LogP contribution in [0.5, 0.6) is 5.75 Å². The molecule has 0 fully saturated rings. The first kappa shape index (κ1) is 15.4. The van der Waals surface area contributed by atoms with Crippen molar-refractivity contribution in [3.8, 4) is 18.1 Å². The number of aliphatic hydroxyl groups is 1. The van der Waals surface area contributed by atoms with Gasteiger partial charge in [-0.3, -0.25) is 4.79 Å². The summed E-state index contributed by atoms with van der Waals surface area (Å²) in [6.45, 7) is 3.35. The van der Waals surface area contributed by atoms with E-state index in [0.717, 1.165) is 0 Å². The second kappa shape index (κ2) is 7.03. The molecule has 0 saturated carbocycles. The van der Waals surface area contributed by atoms with E-state index in [0.29, 0.717) is 16.3 Å². The Hall–Kier alpha value is -1.70. The van der Waals surface area contributed by atoms with E-state index < -0.39 is 12.2 Å². The van der Waals surface area contributed by atoms with Crippen LogP contribution >= 0.6 is 11.6 Å². The summed E-state index contributed by atoms with van der Waals surface area (Å²) in [5, 5.41) is 12.7. The van der Waals surface area contributed by atoms with Gasteiger partial charge in [-0.15, -0.1) is 6.42 Å². The van der Waals surface area contributed by atoms with E-state index >= 15 is 0 Å². The molecule has 0 saturated heterocycles. The van der Waals surface area contributed by atoms with Crippen molar-refractivity contribution >= 4 is 17.5 Å². The van der Waals surface area contributed by atoms with Crippen LogP contribution in [0.1, 0.15) is 25.5 Å². The smallest absolute Gasteiger partial charge is 0.261 e. The van der Waals surface area contributed by atoms with Crippen molar-refractivity contribution in [3.63, 3.8) is 0 Å². The molecule has 102 valence electrons. The SMILES string of the molecule is C#CCNC(=O)C(C)Oc1ccc(Cl)cc1[C@H](C)O. The summed E-state index contributed by atoms with van der Waals surface area (Å²) >= 11 is 5.86. The Kier molecular flexibility index (Phi) is 5.68. The van der Waals surface area contributed by atoms with E-state index in [1.165, 1.54) is 0 Å². The molecule has 0 aromatic heterocycles. The van der Waals surface area contributed by atoms with Crippen LogP contribution in [0.15, 0.2) is 18.2 Å². The lowest BCUT2D eigenvalue weighted by Gasteiger charge is -2.18. The number of benzene rings is 1. The van der Waals surface area contributed by atoms with Crippen LogP contribution in [0, 0.1) is 12.3 Å². The second-order valence-corrected chi connectivity index (χ2v) is 4.48. The van der Waals surface area contributed by atoms with Gasteiger partial charge in [-0.2, -0.15) is 0 Å². The highest BCUT2D eigenvalue weighted by molar-refractivity contribution is 6.30. The number of carbonyl (C=O) groups excluding carboxylic acids is 1. The minimum absolute atomic E-state index is 0.149. The van der Waals surface area contributed by atoms with Gasteiger partial charge in [-0.05, 0) is 32.0 Å². The summed E-state index contributed by atoms with van der Waals surface area (Å²) in [5.74, 6) is 2.41. The molecule has 1 unspecified atom stereocenters. The number of halogens is 1. The molecular formula is C14H16ClNO3. The number of carbonyl (C=O) groups is 1. The molecule has 5 heteroatoms. The van der Waals surface area contributed by atoms with E-state index in [2.05, 4.69) is 11.2 Å². The third-order valence-corrected chi connectivity index (χ3v) is 2.69. The van der Waals surface area contributed by atoms with Crippen LogP contribution in [-0.2, 0) is 4.79 Å². The number of terminal acetylenes is 1. The molecule has 0 heterocycles. The topological polar surface area (TPSA) is 58.6 Å². The van der Waals surface area contributed by atoms with Gasteiger partial charge in [0.2, 0.25) is 0 Å². The molecule has 2 N–H and O–H groups in total. The van der Waals surface area contributed by atoms with Crippen LogP contribution in [0.3, 0.4) is 0 Å². The molecule has 0 radical (unpaired) electrons. The van der Waals surface area contributed by atoms with Crippen molar-refractivity contribution in [2.75, 3.05) is 6.54 Å². The maximum absolute atomic E-state index is 11.6. The van der Waals surface area contributed by atoms with Crippen molar-refractivity contribution < 1.29 is 14.6 Å². The summed E-state index contributed by atoms with van der Waals surface area (Å²) in [6, 6.07) is 4.86. The Morgan fingerprint density at radius 1 is 1.58 bits per heavy atom. The number of hydrogen-bond donors (Lipinski definition) is 2. The van der Waals surface area contributed by atoms with Crippen molar-refractivity contribution in [3.05, 3.63) is 28.8 Å². The Morgan fingerprint density at radius 3 is 2.84 bits per heavy atom. The summed E-state index contributed by atoms with van der Waals surface area (Å²) in [4.78, 5) is 11.6. The average molecular weight is 282 g/mol. The zero-order valence-corrected chi connectivity index (χ0v) is 11.6. The Morgan fingerprint density at radius 2 is 2.26 bits per heavy atom. The van der Waals surface area contributed by atoms with Gasteiger partial charge in [0.25, 0.3) is 5.91 Å². The van der Waals surface area contributed by atoms with Crippen molar-refractivity contribution in [2.45, 2.75) is 26.1 Å². The number of aliphatic hydroxyl groups excluding tert-OH is 1. The van der Waals surface area contributed by atoms with E-state index in [1.807, 2.05) is 0 Å². The van der Waals surface area contributed by atoms with Gasteiger partial charge in [0.05, 0.1) is 12.6 Å². The van der Waals surface area contributed by atoms with E-state index in [9.17, 15) is 9.90 Å². The van der Waals surface area contributed by atoms with Gasteiger partial charge in [0.1, 0.15) is 5.75 Å². The molecule has 0 bridgehead atoms. The fraction of sp³-hybridized carbons (Fsp3) is 0.357. The molecular weight excluding hydrogens is 266 g/mol. The van der Waals surface area contributed by atoms with Crippen LogP contribution in [0.4, 0.5) is 0 Å². The highest BCUT2D eigenvalue weighted by Crippen LogP contribution is 2.29. The zero-order chi connectivity index (χ0) is 14.4. The van der Waals surface area contributed by atoms with Gasteiger partial charge in [-0.25, -0.2) is 0 Å². The fourth-order valence-corrected chi connectivity index (χ4v) is 1.66. The van der Waals surface area contributed by atoms with Gasteiger partial charge < -0.3 is 15.2 Å². The molecule has 0 spiro atoms. The molecule has 1 rings (SSSR count). The van der Waals surface area contributed by atoms with Gasteiger partial charge in [-0.1, -0.05) is 17.5 Å². The van der Waals surface area contributed by atoms with Crippen molar-refractivity contribution in [2.24, 2.45) is 0 Å². The summed E-state index contributed by atoms with van der Waals surface area (Å²) in [7, 11) is 0. The minimum Gasteiger partial charge on any atom is -0.481 e. The second-order valence-electron chi connectivity index (χ2n) is 4.04. The maximum atomic E-state index is 11.6. The molecule has 0 aliphatic heterocycles. The first-order valence-corrected chi connectivity index (χ1v) is 6.18. The molecule has 1 aromatic carbocycles. The Bertz CT molecular complexity index is 494. The third kappa shape index (κ3) is 4.47.